The van der Waals surface area contributed by atoms with E-state index in [0.29, 0.717) is 6.42 Å². The molecule has 0 saturated carbocycles. The standard InChI is InChI=1S/C11H11BrO2S2/c1-14-10-2-3-15-11(10)9(13)5-8-4-7(12)6-16-8/h2-4,6,9,13H,5H2,1H3. The fraction of sp³-hybridized carbons (Fsp3) is 0.273. The lowest BCUT2D eigenvalue weighted by Gasteiger charge is -2.09. The fourth-order valence-electron chi connectivity index (χ4n) is 1.46. The van der Waals surface area contributed by atoms with Gasteiger partial charge < -0.3 is 9.84 Å². The van der Waals surface area contributed by atoms with E-state index in [4.69, 9.17) is 4.74 Å². The van der Waals surface area contributed by atoms with Crippen LogP contribution in [0.4, 0.5) is 0 Å². The predicted molar refractivity (Wildman–Crippen MR) is 71.6 cm³/mol. The van der Waals surface area contributed by atoms with Crippen molar-refractivity contribution >= 4 is 38.6 Å². The molecular weight excluding hydrogens is 308 g/mol. The summed E-state index contributed by atoms with van der Waals surface area (Å²) in [5.74, 6) is 0.771. The van der Waals surface area contributed by atoms with E-state index in [1.807, 2.05) is 22.9 Å². The van der Waals surface area contributed by atoms with Gasteiger partial charge in [0.15, 0.2) is 0 Å². The van der Waals surface area contributed by atoms with Crippen molar-refractivity contribution in [2.24, 2.45) is 0 Å². The fourth-order valence-corrected chi connectivity index (χ4v) is 3.80. The number of halogens is 1. The van der Waals surface area contributed by atoms with E-state index in [0.717, 1.165) is 20.0 Å². The Morgan fingerprint density at radius 1 is 1.50 bits per heavy atom. The van der Waals surface area contributed by atoms with Crippen LogP contribution in [0, 0.1) is 0 Å². The highest BCUT2D eigenvalue weighted by atomic mass is 79.9. The maximum absolute atomic E-state index is 10.1. The molecule has 0 amide bonds. The molecule has 0 aliphatic carbocycles. The number of hydrogen-bond donors (Lipinski definition) is 1. The van der Waals surface area contributed by atoms with E-state index in [9.17, 15) is 5.11 Å². The summed E-state index contributed by atoms with van der Waals surface area (Å²) in [6, 6.07) is 3.92. The first-order valence-corrected chi connectivity index (χ1v) is 7.28. The summed E-state index contributed by atoms with van der Waals surface area (Å²) in [5, 5.41) is 14.1. The average Bonchev–Trinajstić information content (AvgIpc) is 2.86. The van der Waals surface area contributed by atoms with Gasteiger partial charge in [-0.15, -0.1) is 22.7 Å². The van der Waals surface area contributed by atoms with Crippen molar-refractivity contribution in [3.63, 3.8) is 0 Å². The summed E-state index contributed by atoms with van der Waals surface area (Å²) < 4.78 is 6.26. The average molecular weight is 319 g/mol. The van der Waals surface area contributed by atoms with Crippen LogP contribution in [0.25, 0.3) is 0 Å². The lowest BCUT2D eigenvalue weighted by atomic mass is 10.2. The highest BCUT2D eigenvalue weighted by molar-refractivity contribution is 9.10. The highest BCUT2D eigenvalue weighted by Gasteiger charge is 2.16. The number of rotatable bonds is 4. The summed E-state index contributed by atoms with van der Waals surface area (Å²) >= 11 is 6.58. The Morgan fingerprint density at radius 2 is 2.31 bits per heavy atom. The van der Waals surface area contributed by atoms with E-state index in [1.165, 1.54) is 11.3 Å². The van der Waals surface area contributed by atoms with Gasteiger partial charge in [-0.25, -0.2) is 0 Å². The highest BCUT2D eigenvalue weighted by Crippen LogP contribution is 2.34. The molecule has 0 aliphatic heterocycles. The number of hydrogen-bond acceptors (Lipinski definition) is 4. The normalized spacial score (nSPS) is 12.7. The van der Waals surface area contributed by atoms with Crippen LogP contribution < -0.4 is 4.74 Å². The molecule has 1 atom stereocenters. The predicted octanol–water partition coefficient (Wildman–Crippen LogP) is 3.86. The first kappa shape index (κ1) is 12.1. The molecule has 16 heavy (non-hydrogen) atoms. The van der Waals surface area contributed by atoms with Crippen LogP contribution in [-0.2, 0) is 6.42 Å². The minimum Gasteiger partial charge on any atom is -0.495 e. The summed E-state index contributed by atoms with van der Waals surface area (Å²) in [5.41, 5.74) is 0. The molecule has 1 N–H and O–H groups in total. The van der Waals surface area contributed by atoms with Crippen LogP contribution in [0.1, 0.15) is 15.9 Å². The molecule has 0 bridgehead atoms. The van der Waals surface area contributed by atoms with E-state index < -0.39 is 6.10 Å². The largest absolute Gasteiger partial charge is 0.495 e. The number of ether oxygens (including phenoxy) is 1. The van der Waals surface area contributed by atoms with Crippen molar-refractivity contribution in [1.29, 1.82) is 0 Å². The van der Waals surface area contributed by atoms with Crippen molar-refractivity contribution in [1.82, 2.24) is 0 Å². The third kappa shape index (κ3) is 2.66. The van der Waals surface area contributed by atoms with Gasteiger partial charge >= 0.3 is 0 Å². The van der Waals surface area contributed by atoms with Crippen molar-refractivity contribution < 1.29 is 9.84 Å². The second-order valence-electron chi connectivity index (χ2n) is 3.30. The smallest absolute Gasteiger partial charge is 0.135 e. The van der Waals surface area contributed by atoms with Gasteiger partial charge in [0.1, 0.15) is 5.75 Å². The van der Waals surface area contributed by atoms with Gasteiger partial charge in [-0.05, 0) is 33.4 Å². The van der Waals surface area contributed by atoms with Crippen LogP contribution in [0.15, 0.2) is 27.4 Å². The third-order valence-corrected chi connectivity index (χ3v) is 4.92. The van der Waals surface area contributed by atoms with E-state index in [2.05, 4.69) is 15.9 Å². The molecule has 0 spiro atoms. The van der Waals surface area contributed by atoms with Crippen molar-refractivity contribution in [3.05, 3.63) is 37.1 Å². The number of aliphatic hydroxyl groups excluding tert-OH is 1. The molecule has 0 aliphatic rings. The molecule has 2 nitrogen and oxygen atoms in total. The molecule has 2 aromatic rings. The Kier molecular flexibility index (Phi) is 4.02. The molecule has 2 rings (SSSR count). The Bertz CT molecular complexity index is 464. The summed E-state index contributed by atoms with van der Waals surface area (Å²) in [7, 11) is 1.63. The number of aliphatic hydroxyl groups is 1. The Morgan fingerprint density at radius 3 is 2.94 bits per heavy atom. The summed E-state index contributed by atoms with van der Waals surface area (Å²) in [4.78, 5) is 2.06. The minimum atomic E-state index is -0.486. The molecule has 2 heterocycles. The van der Waals surface area contributed by atoms with Crippen LogP contribution in [0.2, 0.25) is 0 Å². The summed E-state index contributed by atoms with van der Waals surface area (Å²) in [6.07, 6.45) is 0.146. The maximum atomic E-state index is 10.1. The summed E-state index contributed by atoms with van der Waals surface area (Å²) in [6.45, 7) is 0. The van der Waals surface area contributed by atoms with Crippen LogP contribution in [0.5, 0.6) is 5.75 Å². The zero-order valence-corrected chi connectivity index (χ0v) is 11.9. The van der Waals surface area contributed by atoms with E-state index in [-0.39, 0.29) is 0 Å². The van der Waals surface area contributed by atoms with Gasteiger partial charge in [0.05, 0.1) is 18.1 Å². The van der Waals surface area contributed by atoms with Crippen LogP contribution in [0.3, 0.4) is 0 Å². The first-order chi connectivity index (χ1) is 7.70. The monoisotopic (exact) mass is 318 g/mol. The molecule has 1 unspecified atom stereocenters. The number of thiophene rings is 2. The molecule has 0 fully saturated rings. The Hall–Kier alpha value is -0.360. The first-order valence-electron chi connectivity index (χ1n) is 4.73. The molecular formula is C11H11BrO2S2. The second kappa shape index (κ2) is 5.31. The van der Waals surface area contributed by atoms with Gasteiger partial charge in [0.25, 0.3) is 0 Å². The van der Waals surface area contributed by atoms with Crippen LogP contribution >= 0.6 is 38.6 Å². The van der Waals surface area contributed by atoms with Crippen LogP contribution in [-0.4, -0.2) is 12.2 Å². The van der Waals surface area contributed by atoms with Gasteiger partial charge in [-0.3, -0.25) is 0 Å². The van der Waals surface area contributed by atoms with Gasteiger partial charge in [0.2, 0.25) is 0 Å². The van der Waals surface area contributed by atoms with Gasteiger partial charge in [-0.1, -0.05) is 0 Å². The molecule has 5 heteroatoms. The molecule has 0 aromatic carbocycles. The Balaban J connectivity index is 2.11. The number of methoxy groups -OCH3 is 1. The lowest BCUT2D eigenvalue weighted by Crippen LogP contribution is -1.99. The quantitative estimate of drug-likeness (QED) is 0.927. The molecule has 2 aromatic heterocycles. The van der Waals surface area contributed by atoms with E-state index >= 15 is 0 Å². The second-order valence-corrected chi connectivity index (χ2v) is 6.16. The van der Waals surface area contributed by atoms with Gasteiger partial charge in [0, 0.05) is 21.2 Å². The molecule has 0 radical (unpaired) electrons. The lowest BCUT2D eigenvalue weighted by molar-refractivity contribution is 0.179. The van der Waals surface area contributed by atoms with Crippen molar-refractivity contribution in [2.45, 2.75) is 12.5 Å². The van der Waals surface area contributed by atoms with E-state index in [1.54, 1.807) is 18.4 Å². The third-order valence-electron chi connectivity index (χ3n) is 2.20. The molecule has 0 saturated heterocycles. The topological polar surface area (TPSA) is 29.5 Å². The SMILES string of the molecule is COc1ccsc1C(O)Cc1cc(Br)cs1. The van der Waals surface area contributed by atoms with Gasteiger partial charge in [-0.2, -0.15) is 0 Å². The van der Waals surface area contributed by atoms with Crippen molar-refractivity contribution in [2.75, 3.05) is 7.11 Å². The Labute approximate surface area is 111 Å². The minimum absolute atomic E-state index is 0.486. The van der Waals surface area contributed by atoms with Crippen molar-refractivity contribution in [3.8, 4) is 5.75 Å². The maximum Gasteiger partial charge on any atom is 0.135 e. The molecule has 86 valence electrons. The zero-order valence-electron chi connectivity index (χ0n) is 8.64. The zero-order chi connectivity index (χ0) is 11.5.